The van der Waals surface area contributed by atoms with E-state index in [9.17, 15) is 23.1 Å². The van der Waals surface area contributed by atoms with Gasteiger partial charge in [-0.15, -0.1) is 0 Å². The molecule has 3 rings (SSSR count). The van der Waals surface area contributed by atoms with Gasteiger partial charge in [0.2, 0.25) is 11.4 Å². The van der Waals surface area contributed by atoms with E-state index < -0.39 is 29.7 Å². The Morgan fingerprint density at radius 1 is 1.08 bits per heavy atom. The van der Waals surface area contributed by atoms with Crippen LogP contribution in [0.4, 0.5) is 13.2 Å². The van der Waals surface area contributed by atoms with E-state index in [0.29, 0.717) is 5.56 Å². The molecule has 4 nitrogen and oxygen atoms in total. The van der Waals surface area contributed by atoms with Crippen molar-refractivity contribution in [2.24, 2.45) is 5.73 Å². The molecule has 0 aliphatic carbocycles. The normalized spacial score (nSPS) is 20.7. The largest absolute Gasteiger partial charge is 0.457 e. The summed E-state index contributed by atoms with van der Waals surface area (Å²) in [5, 5.41) is 9.80. The van der Waals surface area contributed by atoms with E-state index in [1.165, 1.54) is 12.1 Å². The highest BCUT2D eigenvalue weighted by Crippen LogP contribution is 2.42. The molecule has 0 radical (unpaired) electrons. The minimum atomic E-state index is -4.55. The number of benzene rings is 2. The van der Waals surface area contributed by atoms with E-state index in [-0.39, 0.29) is 17.0 Å². The maximum atomic E-state index is 12.9. The van der Waals surface area contributed by atoms with Gasteiger partial charge in [0.1, 0.15) is 0 Å². The van der Waals surface area contributed by atoms with Gasteiger partial charge < -0.3 is 15.6 Å². The van der Waals surface area contributed by atoms with Gasteiger partial charge in [0.05, 0.1) is 17.7 Å². The van der Waals surface area contributed by atoms with Crippen molar-refractivity contribution in [1.29, 1.82) is 0 Å². The number of aliphatic hydroxyl groups is 1. The van der Waals surface area contributed by atoms with Crippen LogP contribution in [0.1, 0.15) is 16.7 Å². The third kappa shape index (κ3) is 2.76. The van der Waals surface area contributed by atoms with Gasteiger partial charge in [0.15, 0.2) is 5.88 Å². The predicted octanol–water partition coefficient (Wildman–Crippen LogP) is 2.82. The third-order valence-electron chi connectivity index (χ3n) is 4.07. The molecule has 0 fully saturated rings. The van der Waals surface area contributed by atoms with Gasteiger partial charge in [0.25, 0.3) is 0 Å². The first kappa shape index (κ1) is 17.0. The van der Waals surface area contributed by atoms with Crippen LogP contribution < -0.4 is 5.73 Å². The highest BCUT2D eigenvalue weighted by molar-refractivity contribution is 6.27. The number of carbonyl (C=O) groups excluding carboxylic acids is 1. The number of rotatable bonds is 3. The van der Waals surface area contributed by atoms with Crippen molar-refractivity contribution < 1.29 is 27.8 Å². The van der Waals surface area contributed by atoms with Crippen LogP contribution in [-0.2, 0) is 21.3 Å². The maximum absolute atomic E-state index is 12.9. The van der Waals surface area contributed by atoms with Crippen LogP contribution in [0.3, 0.4) is 0 Å². The molecule has 1 aliphatic heterocycles. The molecule has 2 aromatic rings. The minimum Gasteiger partial charge on any atom is -0.457 e. The Hall–Kier alpha value is -2.80. The number of carbonyl (C=O) groups is 1. The molecule has 1 aliphatic rings. The zero-order chi connectivity index (χ0) is 18.2. The van der Waals surface area contributed by atoms with Gasteiger partial charge in [-0.1, -0.05) is 42.5 Å². The lowest BCUT2D eigenvalue weighted by Crippen LogP contribution is -2.38. The monoisotopic (exact) mass is 349 g/mol. The fraction of sp³-hybridized carbons (Fsp3) is 0.167. The summed E-state index contributed by atoms with van der Waals surface area (Å²) >= 11 is 0. The summed E-state index contributed by atoms with van der Waals surface area (Å²) in [6.07, 6.45) is -4.55. The van der Waals surface area contributed by atoms with Gasteiger partial charge >= 0.3 is 6.18 Å². The molecule has 1 atom stereocenters. The molecule has 0 amide bonds. The molecule has 2 aromatic carbocycles. The van der Waals surface area contributed by atoms with Crippen molar-refractivity contribution in [2.75, 3.05) is 6.61 Å². The number of aliphatic hydroxyl groups excluding tert-OH is 1. The third-order valence-corrected chi connectivity index (χ3v) is 4.07. The highest BCUT2D eigenvalue weighted by Gasteiger charge is 2.50. The number of nitrogens with two attached hydrogens (primary N) is 1. The Morgan fingerprint density at radius 2 is 1.76 bits per heavy atom. The van der Waals surface area contributed by atoms with Crippen LogP contribution in [-0.4, -0.2) is 17.5 Å². The molecule has 130 valence electrons. The molecule has 1 unspecified atom stereocenters. The lowest BCUT2D eigenvalue weighted by atomic mass is 9.86. The molecule has 3 N–H and O–H groups in total. The molecule has 1 heterocycles. The Kier molecular flexibility index (Phi) is 4.04. The van der Waals surface area contributed by atoms with Crippen LogP contribution in [0, 0.1) is 0 Å². The average molecular weight is 349 g/mol. The van der Waals surface area contributed by atoms with Crippen LogP contribution in [0.15, 0.2) is 60.5 Å². The molecule has 0 saturated heterocycles. The Balaban J connectivity index is 2.08. The quantitative estimate of drug-likeness (QED) is 0.894. The summed E-state index contributed by atoms with van der Waals surface area (Å²) in [6, 6.07) is 12.5. The first-order valence-corrected chi connectivity index (χ1v) is 7.37. The molecular weight excluding hydrogens is 335 g/mol. The number of hydrogen-bond acceptors (Lipinski definition) is 4. The Labute approximate surface area is 141 Å². The average Bonchev–Trinajstić information content (AvgIpc) is 2.86. The fourth-order valence-electron chi connectivity index (χ4n) is 2.82. The van der Waals surface area contributed by atoms with Gasteiger partial charge in [-0.05, 0) is 17.7 Å². The summed E-state index contributed by atoms with van der Waals surface area (Å²) in [6.45, 7) is -0.695. The SMILES string of the molecule is NC1=C(c2cccc(C(F)(F)F)c2)C(=O)C(CO)(c2ccccc2)O1. The number of ketones is 1. The molecule has 0 spiro atoms. The summed E-state index contributed by atoms with van der Waals surface area (Å²) in [4.78, 5) is 12.9. The van der Waals surface area contributed by atoms with Crippen molar-refractivity contribution in [3.8, 4) is 0 Å². The Bertz CT molecular complexity index is 846. The van der Waals surface area contributed by atoms with Crippen molar-refractivity contribution in [2.45, 2.75) is 11.8 Å². The van der Waals surface area contributed by atoms with Crippen molar-refractivity contribution in [1.82, 2.24) is 0 Å². The highest BCUT2D eigenvalue weighted by atomic mass is 19.4. The van der Waals surface area contributed by atoms with Crippen molar-refractivity contribution in [3.63, 3.8) is 0 Å². The maximum Gasteiger partial charge on any atom is 0.416 e. The lowest BCUT2D eigenvalue weighted by Gasteiger charge is -2.25. The molecule has 7 heteroatoms. The number of hydrogen-bond donors (Lipinski definition) is 2. The fourth-order valence-corrected chi connectivity index (χ4v) is 2.82. The van der Waals surface area contributed by atoms with Crippen LogP contribution in [0.2, 0.25) is 0 Å². The van der Waals surface area contributed by atoms with E-state index in [0.717, 1.165) is 12.1 Å². The van der Waals surface area contributed by atoms with E-state index in [2.05, 4.69) is 0 Å². The smallest absolute Gasteiger partial charge is 0.416 e. The minimum absolute atomic E-state index is 0.0106. The van der Waals surface area contributed by atoms with Crippen molar-refractivity contribution in [3.05, 3.63) is 77.2 Å². The van der Waals surface area contributed by atoms with Crippen LogP contribution in [0.5, 0.6) is 0 Å². The number of alkyl halides is 3. The number of ether oxygens (including phenoxy) is 1. The van der Waals surface area contributed by atoms with E-state index in [1.54, 1.807) is 30.3 Å². The molecule has 0 saturated carbocycles. The molecule has 0 aromatic heterocycles. The second kappa shape index (κ2) is 5.93. The molecule has 0 bridgehead atoms. The van der Waals surface area contributed by atoms with Gasteiger partial charge in [0, 0.05) is 5.56 Å². The van der Waals surface area contributed by atoms with Crippen molar-refractivity contribution >= 4 is 11.4 Å². The predicted molar refractivity (Wildman–Crippen MR) is 83.8 cm³/mol. The first-order valence-electron chi connectivity index (χ1n) is 7.37. The summed E-state index contributed by atoms with van der Waals surface area (Å²) in [5.74, 6) is -1.000. The molecule has 25 heavy (non-hydrogen) atoms. The Morgan fingerprint density at radius 3 is 2.36 bits per heavy atom. The van der Waals surface area contributed by atoms with Gasteiger partial charge in [-0.25, -0.2) is 0 Å². The van der Waals surface area contributed by atoms with Crippen LogP contribution in [0.25, 0.3) is 5.57 Å². The van der Waals surface area contributed by atoms with E-state index >= 15 is 0 Å². The summed E-state index contributed by atoms with van der Waals surface area (Å²) in [7, 11) is 0. The molecular formula is C18H14F3NO3. The number of halogens is 3. The summed E-state index contributed by atoms with van der Waals surface area (Å²) in [5.41, 5.74) is 3.32. The van der Waals surface area contributed by atoms with Gasteiger partial charge in [-0.3, -0.25) is 4.79 Å². The van der Waals surface area contributed by atoms with E-state index in [4.69, 9.17) is 10.5 Å². The zero-order valence-electron chi connectivity index (χ0n) is 12.9. The standard InChI is InChI=1S/C18H14F3NO3/c19-18(20,21)13-8-4-5-11(9-13)14-15(24)17(10-23,25-16(14)22)12-6-2-1-3-7-12/h1-9,23H,10,22H2. The lowest BCUT2D eigenvalue weighted by molar-refractivity contribution is -0.138. The van der Waals surface area contributed by atoms with Crippen LogP contribution >= 0.6 is 0 Å². The zero-order valence-corrected chi connectivity index (χ0v) is 12.9. The second-order valence-corrected chi connectivity index (χ2v) is 5.60. The summed E-state index contributed by atoms with van der Waals surface area (Å²) < 4.78 is 44.3. The topological polar surface area (TPSA) is 72.6 Å². The first-order chi connectivity index (χ1) is 11.8. The van der Waals surface area contributed by atoms with E-state index in [1.807, 2.05) is 0 Å². The number of Topliss-reactive ketones (excluding diaryl/α,β-unsaturated/α-hetero) is 1. The van der Waals surface area contributed by atoms with Gasteiger partial charge in [-0.2, -0.15) is 13.2 Å². The second-order valence-electron chi connectivity index (χ2n) is 5.60.